The summed E-state index contributed by atoms with van der Waals surface area (Å²) in [6.45, 7) is 3.41. The zero-order chi connectivity index (χ0) is 14.2. The lowest BCUT2D eigenvalue weighted by atomic mass is 10.0. The molecule has 1 unspecified atom stereocenters. The number of nitrogens with zero attached hydrogens (tertiary/aromatic N) is 1. The first-order chi connectivity index (χ1) is 9.83. The minimum atomic E-state index is -0.158. The molecule has 126 valence electrons. The number of halogens is 2. The summed E-state index contributed by atoms with van der Waals surface area (Å²) in [6.07, 6.45) is 0. The van der Waals surface area contributed by atoms with Gasteiger partial charge < -0.3 is 10.6 Å². The molecule has 1 aromatic rings. The molecule has 2 rings (SSSR count). The third-order valence-corrected chi connectivity index (χ3v) is 4.39. The number of carbonyl (C=O) groups is 1. The van der Waals surface area contributed by atoms with Crippen molar-refractivity contribution in [1.29, 1.82) is 0 Å². The largest absolute Gasteiger partial charge is 0.353 e. The molecule has 2 N–H and O–H groups in total. The average molecular weight is 366 g/mol. The molecule has 1 atom stereocenters. The van der Waals surface area contributed by atoms with E-state index in [4.69, 9.17) is 0 Å². The Hall–Kier alpha value is -0.460. The summed E-state index contributed by atoms with van der Waals surface area (Å²) in [7, 11) is 1.89. The first-order valence-corrected chi connectivity index (χ1v) is 8.27. The van der Waals surface area contributed by atoms with E-state index in [2.05, 4.69) is 15.5 Å². The Bertz CT molecular complexity index is 417. The van der Waals surface area contributed by atoms with Crippen LogP contribution in [0.1, 0.15) is 11.6 Å². The number of carbonyl (C=O) groups excluding carboxylic acids is 1. The molecule has 0 aromatic heterocycles. The quantitative estimate of drug-likeness (QED) is 0.756. The molecule has 1 fully saturated rings. The van der Waals surface area contributed by atoms with Crippen LogP contribution in [0.4, 0.5) is 0 Å². The van der Waals surface area contributed by atoms with Crippen molar-refractivity contribution in [2.24, 2.45) is 0 Å². The molecule has 0 bridgehead atoms. The number of amides is 1. The minimum Gasteiger partial charge on any atom is -0.353 e. The van der Waals surface area contributed by atoms with Crippen LogP contribution in [0.25, 0.3) is 0 Å². The summed E-state index contributed by atoms with van der Waals surface area (Å²) in [4.78, 5) is 14.8. The maximum atomic E-state index is 12.5. The number of thioether (sulfide) groups is 1. The number of likely N-dealkylation sites (N-methyl/N-ethyl adjacent to an activating group) is 1. The van der Waals surface area contributed by atoms with Crippen LogP contribution >= 0.6 is 36.6 Å². The summed E-state index contributed by atoms with van der Waals surface area (Å²) in [5.41, 5.74) is 1.08. The highest BCUT2D eigenvalue weighted by molar-refractivity contribution is 7.99. The standard InChI is InChI=1S/C15H23N3OS.2ClH/c1-16-7-8-17-15(19)14(13-5-3-2-4-6-13)18-9-11-20-12-10-18;;/h2-6,14,16H,7-12H2,1H3,(H,17,19);2*1H. The van der Waals surface area contributed by atoms with Crippen LogP contribution in [0.3, 0.4) is 0 Å². The Labute approximate surface area is 149 Å². The SMILES string of the molecule is CNCCNC(=O)C(c1ccccc1)N1CCSCC1.Cl.Cl. The summed E-state index contributed by atoms with van der Waals surface area (Å²) >= 11 is 1.96. The van der Waals surface area contributed by atoms with Crippen molar-refractivity contribution in [3.8, 4) is 0 Å². The van der Waals surface area contributed by atoms with Crippen LogP contribution in [0.15, 0.2) is 30.3 Å². The number of hydrogen-bond donors (Lipinski definition) is 2. The van der Waals surface area contributed by atoms with E-state index in [9.17, 15) is 4.79 Å². The van der Waals surface area contributed by atoms with Crippen molar-refractivity contribution in [2.75, 3.05) is 44.7 Å². The second-order valence-corrected chi connectivity index (χ2v) is 6.08. The molecule has 22 heavy (non-hydrogen) atoms. The van der Waals surface area contributed by atoms with E-state index in [0.29, 0.717) is 6.54 Å². The van der Waals surface area contributed by atoms with Gasteiger partial charge in [-0.25, -0.2) is 0 Å². The molecule has 1 heterocycles. The van der Waals surface area contributed by atoms with Crippen LogP contribution in [-0.2, 0) is 4.79 Å². The third kappa shape index (κ3) is 6.34. The highest BCUT2D eigenvalue weighted by atomic mass is 35.5. The molecule has 1 aromatic carbocycles. The number of benzene rings is 1. The molecule has 1 saturated heterocycles. The number of nitrogens with one attached hydrogen (secondary N) is 2. The predicted molar refractivity (Wildman–Crippen MR) is 99.5 cm³/mol. The van der Waals surface area contributed by atoms with Gasteiger partial charge in [-0.15, -0.1) is 24.8 Å². The van der Waals surface area contributed by atoms with Crippen molar-refractivity contribution in [3.63, 3.8) is 0 Å². The summed E-state index contributed by atoms with van der Waals surface area (Å²) in [5, 5.41) is 6.08. The Kier molecular flexibility index (Phi) is 11.8. The van der Waals surface area contributed by atoms with Gasteiger partial charge in [-0.1, -0.05) is 30.3 Å². The van der Waals surface area contributed by atoms with Crippen molar-refractivity contribution < 1.29 is 4.79 Å². The second kappa shape index (κ2) is 12.0. The Morgan fingerprint density at radius 3 is 2.41 bits per heavy atom. The van der Waals surface area contributed by atoms with Gasteiger partial charge in [0.05, 0.1) is 0 Å². The maximum absolute atomic E-state index is 12.5. The van der Waals surface area contributed by atoms with Gasteiger partial charge >= 0.3 is 0 Å². The highest BCUT2D eigenvalue weighted by Crippen LogP contribution is 2.24. The first kappa shape index (κ1) is 21.5. The van der Waals surface area contributed by atoms with Crippen LogP contribution in [-0.4, -0.2) is 55.5 Å². The number of hydrogen-bond acceptors (Lipinski definition) is 4. The average Bonchev–Trinajstić information content (AvgIpc) is 2.50. The van der Waals surface area contributed by atoms with Crippen LogP contribution in [0, 0.1) is 0 Å². The van der Waals surface area contributed by atoms with E-state index in [1.165, 1.54) is 0 Å². The molecule has 7 heteroatoms. The molecule has 0 radical (unpaired) electrons. The van der Waals surface area contributed by atoms with Gasteiger partial charge in [0.1, 0.15) is 6.04 Å². The molecule has 0 aliphatic carbocycles. The van der Waals surface area contributed by atoms with E-state index >= 15 is 0 Å². The van der Waals surface area contributed by atoms with Gasteiger partial charge in [-0.2, -0.15) is 11.8 Å². The molecule has 1 aliphatic heterocycles. The zero-order valence-electron chi connectivity index (χ0n) is 12.8. The molecule has 1 amide bonds. The van der Waals surface area contributed by atoms with Crippen molar-refractivity contribution in [3.05, 3.63) is 35.9 Å². The van der Waals surface area contributed by atoms with E-state index < -0.39 is 0 Å². The van der Waals surface area contributed by atoms with Crippen molar-refractivity contribution in [2.45, 2.75) is 6.04 Å². The van der Waals surface area contributed by atoms with Crippen LogP contribution in [0.2, 0.25) is 0 Å². The minimum absolute atomic E-state index is 0. The fourth-order valence-corrected chi connectivity index (χ4v) is 3.34. The van der Waals surface area contributed by atoms with E-state index in [0.717, 1.165) is 36.7 Å². The Balaban J connectivity index is 0.00000220. The highest BCUT2D eigenvalue weighted by Gasteiger charge is 2.28. The maximum Gasteiger partial charge on any atom is 0.242 e. The summed E-state index contributed by atoms with van der Waals surface area (Å²) < 4.78 is 0. The van der Waals surface area contributed by atoms with E-state index in [1.807, 2.05) is 49.1 Å². The molecule has 0 saturated carbocycles. The number of rotatable bonds is 6. The summed E-state index contributed by atoms with van der Waals surface area (Å²) in [6, 6.07) is 9.93. The third-order valence-electron chi connectivity index (χ3n) is 3.45. The van der Waals surface area contributed by atoms with Gasteiger partial charge in [0, 0.05) is 37.7 Å². The zero-order valence-corrected chi connectivity index (χ0v) is 15.2. The molecule has 1 aliphatic rings. The lowest BCUT2D eigenvalue weighted by Crippen LogP contribution is -2.45. The summed E-state index contributed by atoms with van der Waals surface area (Å²) in [5.74, 6) is 2.32. The van der Waals surface area contributed by atoms with Crippen LogP contribution in [0.5, 0.6) is 0 Å². The second-order valence-electron chi connectivity index (χ2n) is 4.86. The Morgan fingerprint density at radius 1 is 1.18 bits per heavy atom. The van der Waals surface area contributed by atoms with Gasteiger partial charge in [-0.3, -0.25) is 9.69 Å². The Morgan fingerprint density at radius 2 is 1.82 bits per heavy atom. The molecule has 0 spiro atoms. The van der Waals surface area contributed by atoms with E-state index in [-0.39, 0.29) is 36.8 Å². The fraction of sp³-hybridized carbons (Fsp3) is 0.533. The molecule has 4 nitrogen and oxygen atoms in total. The van der Waals surface area contributed by atoms with Crippen molar-refractivity contribution >= 4 is 42.5 Å². The monoisotopic (exact) mass is 365 g/mol. The first-order valence-electron chi connectivity index (χ1n) is 7.12. The topological polar surface area (TPSA) is 44.4 Å². The predicted octanol–water partition coefficient (Wildman–Crippen LogP) is 1.96. The lowest BCUT2D eigenvalue weighted by molar-refractivity contribution is -0.126. The van der Waals surface area contributed by atoms with Gasteiger partial charge in [-0.05, 0) is 12.6 Å². The van der Waals surface area contributed by atoms with Crippen molar-refractivity contribution in [1.82, 2.24) is 15.5 Å². The fourth-order valence-electron chi connectivity index (χ4n) is 2.41. The van der Waals surface area contributed by atoms with Gasteiger partial charge in [0.2, 0.25) is 5.91 Å². The lowest BCUT2D eigenvalue weighted by Gasteiger charge is -2.33. The van der Waals surface area contributed by atoms with Gasteiger partial charge in [0.15, 0.2) is 0 Å². The van der Waals surface area contributed by atoms with Crippen LogP contribution < -0.4 is 10.6 Å². The van der Waals surface area contributed by atoms with E-state index in [1.54, 1.807) is 0 Å². The smallest absolute Gasteiger partial charge is 0.242 e. The van der Waals surface area contributed by atoms with Gasteiger partial charge in [0.25, 0.3) is 0 Å². The molecular weight excluding hydrogens is 341 g/mol. The molecular formula is C15H25Cl2N3OS. The normalized spacial score (nSPS) is 16.0.